The summed E-state index contributed by atoms with van der Waals surface area (Å²) in [5, 5.41) is 15.4. The highest BCUT2D eigenvalue weighted by Gasteiger charge is 2.15. The largest absolute Gasteiger partial charge is 0.352 e. The van der Waals surface area contributed by atoms with Crippen LogP contribution in [0.3, 0.4) is 0 Å². The first-order valence-electron chi connectivity index (χ1n) is 5.67. The second-order valence-corrected chi connectivity index (χ2v) is 5.48. The van der Waals surface area contributed by atoms with Gasteiger partial charge in [0.1, 0.15) is 0 Å². The van der Waals surface area contributed by atoms with E-state index in [0.717, 1.165) is 5.69 Å². The number of amides is 1. The van der Waals surface area contributed by atoms with E-state index >= 15 is 0 Å². The number of aromatic nitrogens is 1. The predicted octanol–water partition coefficient (Wildman–Crippen LogP) is 2.79. The van der Waals surface area contributed by atoms with Crippen LogP contribution < -0.4 is 5.32 Å². The van der Waals surface area contributed by atoms with Crippen molar-refractivity contribution in [3.63, 3.8) is 0 Å². The lowest BCUT2D eigenvalue weighted by Crippen LogP contribution is -2.25. The molecule has 6 nitrogen and oxygen atoms in total. The molecule has 0 aliphatic carbocycles. The molecule has 2 rings (SSSR count). The molecule has 0 unspecified atom stereocenters. The lowest BCUT2D eigenvalue weighted by Gasteiger charge is -2.04. The Morgan fingerprint density at radius 3 is 2.95 bits per heavy atom. The first-order chi connectivity index (χ1) is 9.58. The van der Waals surface area contributed by atoms with E-state index in [-0.39, 0.29) is 17.2 Å². The van der Waals surface area contributed by atoms with E-state index in [2.05, 4.69) is 26.2 Å². The van der Waals surface area contributed by atoms with Gasteiger partial charge in [0, 0.05) is 30.0 Å². The first-order valence-corrected chi connectivity index (χ1v) is 7.40. The van der Waals surface area contributed by atoms with Crippen LogP contribution in [-0.2, 0) is 6.42 Å². The minimum Gasteiger partial charge on any atom is -0.352 e. The average molecular weight is 356 g/mol. The Kier molecular flexibility index (Phi) is 4.80. The smallest absolute Gasteiger partial charge is 0.284 e. The van der Waals surface area contributed by atoms with E-state index in [1.165, 1.54) is 29.5 Å². The summed E-state index contributed by atoms with van der Waals surface area (Å²) in [6.07, 6.45) is 0.633. The first kappa shape index (κ1) is 14.6. The number of nitrogens with zero attached hydrogens (tertiary/aromatic N) is 2. The third kappa shape index (κ3) is 3.61. The number of hydrogen-bond donors (Lipinski definition) is 1. The highest BCUT2D eigenvalue weighted by Crippen LogP contribution is 2.25. The fourth-order valence-corrected chi connectivity index (χ4v) is 2.55. The summed E-state index contributed by atoms with van der Waals surface area (Å²) in [5.74, 6) is -0.337. The van der Waals surface area contributed by atoms with Gasteiger partial charge < -0.3 is 5.32 Å². The van der Waals surface area contributed by atoms with Crippen LogP contribution in [0.1, 0.15) is 16.1 Å². The average Bonchev–Trinajstić information content (AvgIpc) is 2.92. The third-order valence-corrected chi connectivity index (χ3v) is 3.86. The number of rotatable bonds is 5. The summed E-state index contributed by atoms with van der Waals surface area (Å²) in [7, 11) is 0. The standard InChI is InChI=1S/C12H10BrN3O3S/c13-10-2-1-8(5-11(10)16(18)19)12(17)14-4-3-9-6-20-7-15-9/h1-2,5-7H,3-4H2,(H,14,17). The number of benzene rings is 1. The predicted molar refractivity (Wildman–Crippen MR) is 78.9 cm³/mol. The molecule has 0 fully saturated rings. The van der Waals surface area contributed by atoms with Crippen molar-refractivity contribution >= 4 is 38.9 Å². The molecule has 0 bridgehead atoms. The van der Waals surface area contributed by atoms with Crippen molar-refractivity contribution in [2.24, 2.45) is 0 Å². The Labute approximate surface area is 127 Å². The van der Waals surface area contributed by atoms with Gasteiger partial charge in [-0.3, -0.25) is 14.9 Å². The normalized spacial score (nSPS) is 10.2. The zero-order valence-corrected chi connectivity index (χ0v) is 12.6. The Morgan fingerprint density at radius 2 is 2.30 bits per heavy atom. The molecule has 0 atom stereocenters. The molecule has 0 saturated carbocycles. The number of thiazole rings is 1. The molecular formula is C12H10BrN3O3S. The van der Waals surface area contributed by atoms with Crippen molar-refractivity contribution in [1.82, 2.24) is 10.3 Å². The quantitative estimate of drug-likeness (QED) is 0.659. The number of nitrogens with one attached hydrogen (secondary N) is 1. The molecule has 20 heavy (non-hydrogen) atoms. The molecule has 2 aromatic rings. The molecule has 8 heteroatoms. The summed E-state index contributed by atoms with van der Waals surface area (Å²) < 4.78 is 0.349. The van der Waals surface area contributed by atoms with Crippen molar-refractivity contribution < 1.29 is 9.72 Å². The van der Waals surface area contributed by atoms with Gasteiger partial charge in [0.15, 0.2) is 0 Å². The zero-order chi connectivity index (χ0) is 14.5. The molecule has 0 spiro atoms. The van der Waals surface area contributed by atoms with Crippen LogP contribution in [0.2, 0.25) is 0 Å². The summed E-state index contributed by atoms with van der Waals surface area (Å²) >= 11 is 4.58. The molecule has 1 N–H and O–H groups in total. The Balaban J connectivity index is 1.98. The fourth-order valence-electron chi connectivity index (χ4n) is 1.56. The third-order valence-electron chi connectivity index (χ3n) is 2.56. The highest BCUT2D eigenvalue weighted by molar-refractivity contribution is 9.10. The van der Waals surface area contributed by atoms with Gasteiger partial charge in [-0.2, -0.15) is 0 Å². The number of carbonyl (C=O) groups excluding carboxylic acids is 1. The van der Waals surface area contributed by atoms with Crippen molar-refractivity contribution in [1.29, 1.82) is 0 Å². The molecule has 0 saturated heterocycles. The SMILES string of the molecule is O=C(NCCc1cscn1)c1ccc(Br)c([N+](=O)[O-])c1. The number of nitro groups is 1. The van der Waals surface area contributed by atoms with Crippen molar-refractivity contribution in [2.45, 2.75) is 6.42 Å². The van der Waals surface area contributed by atoms with Gasteiger partial charge >= 0.3 is 0 Å². The molecule has 104 valence electrons. The van der Waals surface area contributed by atoms with Gasteiger partial charge in [-0.15, -0.1) is 11.3 Å². The topological polar surface area (TPSA) is 85.1 Å². The molecule has 1 aromatic heterocycles. The molecule has 0 aliphatic heterocycles. The van der Waals surface area contributed by atoms with Crippen LogP contribution in [0.4, 0.5) is 5.69 Å². The van der Waals surface area contributed by atoms with Gasteiger partial charge in [0.25, 0.3) is 11.6 Å². The van der Waals surface area contributed by atoms with Gasteiger partial charge in [0.2, 0.25) is 0 Å². The number of halogens is 1. The number of nitro benzene ring substituents is 1. The van der Waals surface area contributed by atoms with Gasteiger partial charge in [0.05, 0.1) is 20.6 Å². The summed E-state index contributed by atoms with van der Waals surface area (Å²) in [6, 6.07) is 4.28. The molecule has 0 aliphatic rings. The van der Waals surface area contributed by atoms with Crippen molar-refractivity contribution in [3.05, 3.63) is 54.9 Å². The minimum atomic E-state index is -0.532. The van der Waals surface area contributed by atoms with E-state index in [0.29, 0.717) is 17.4 Å². The number of carbonyl (C=O) groups is 1. The van der Waals surface area contributed by atoms with E-state index in [9.17, 15) is 14.9 Å². The molecule has 0 radical (unpaired) electrons. The molecule has 1 amide bonds. The minimum absolute atomic E-state index is 0.128. The van der Waals surface area contributed by atoms with Gasteiger partial charge in [-0.1, -0.05) is 0 Å². The Hall–Kier alpha value is -1.80. The van der Waals surface area contributed by atoms with Crippen LogP contribution in [-0.4, -0.2) is 22.4 Å². The van der Waals surface area contributed by atoms with E-state index in [1.807, 2.05) is 5.38 Å². The van der Waals surface area contributed by atoms with E-state index in [4.69, 9.17) is 0 Å². The van der Waals surface area contributed by atoms with Gasteiger partial charge in [-0.05, 0) is 28.1 Å². The fraction of sp³-hybridized carbons (Fsp3) is 0.167. The second-order valence-electron chi connectivity index (χ2n) is 3.91. The maximum absolute atomic E-state index is 11.9. The van der Waals surface area contributed by atoms with Crippen molar-refractivity contribution in [2.75, 3.05) is 6.54 Å². The maximum atomic E-state index is 11.9. The molecule has 1 aromatic carbocycles. The summed E-state index contributed by atoms with van der Waals surface area (Å²) in [6.45, 7) is 0.437. The summed E-state index contributed by atoms with van der Waals surface area (Å²) in [4.78, 5) is 26.3. The monoisotopic (exact) mass is 355 g/mol. The van der Waals surface area contributed by atoms with Gasteiger partial charge in [-0.25, -0.2) is 4.98 Å². The van der Waals surface area contributed by atoms with Crippen LogP contribution in [0.25, 0.3) is 0 Å². The van der Waals surface area contributed by atoms with Crippen LogP contribution in [0, 0.1) is 10.1 Å². The number of hydrogen-bond acceptors (Lipinski definition) is 5. The zero-order valence-electron chi connectivity index (χ0n) is 10.2. The van der Waals surface area contributed by atoms with Crippen molar-refractivity contribution in [3.8, 4) is 0 Å². The van der Waals surface area contributed by atoms with E-state index in [1.54, 1.807) is 5.51 Å². The maximum Gasteiger partial charge on any atom is 0.284 e. The Morgan fingerprint density at radius 1 is 1.50 bits per heavy atom. The van der Waals surface area contributed by atoms with E-state index < -0.39 is 4.92 Å². The Bertz CT molecular complexity index is 631. The summed E-state index contributed by atoms with van der Waals surface area (Å²) in [5.41, 5.74) is 2.78. The van der Waals surface area contributed by atoms with Crippen LogP contribution >= 0.6 is 27.3 Å². The van der Waals surface area contributed by atoms with Crippen LogP contribution in [0.15, 0.2) is 33.6 Å². The highest BCUT2D eigenvalue weighted by atomic mass is 79.9. The second kappa shape index (κ2) is 6.58. The molecule has 1 heterocycles. The lowest BCUT2D eigenvalue weighted by atomic mass is 10.2. The lowest BCUT2D eigenvalue weighted by molar-refractivity contribution is -0.385. The van der Waals surface area contributed by atoms with Crippen LogP contribution in [0.5, 0.6) is 0 Å². The molecular weight excluding hydrogens is 346 g/mol.